The van der Waals surface area contributed by atoms with E-state index in [0.29, 0.717) is 17.9 Å². The molecule has 2 rings (SSSR count). The van der Waals surface area contributed by atoms with Crippen LogP contribution in [0.2, 0.25) is 5.02 Å². The van der Waals surface area contributed by atoms with Crippen LogP contribution in [0.3, 0.4) is 0 Å². The lowest BCUT2D eigenvalue weighted by Gasteiger charge is -2.12. The molecule has 0 radical (unpaired) electrons. The van der Waals surface area contributed by atoms with E-state index in [9.17, 15) is 5.11 Å². The Morgan fingerprint density at radius 3 is 2.70 bits per heavy atom. The molecule has 0 bridgehead atoms. The summed E-state index contributed by atoms with van der Waals surface area (Å²) < 4.78 is 1.87. The zero-order chi connectivity index (χ0) is 14.5. The molecular weight excluding hydrogens is 274 g/mol. The highest BCUT2D eigenvalue weighted by Crippen LogP contribution is 2.22. The van der Waals surface area contributed by atoms with Crippen LogP contribution in [0.1, 0.15) is 30.3 Å². The first-order valence-corrected chi connectivity index (χ1v) is 7.28. The number of nitrogens with zero attached hydrogens (tertiary/aromatic N) is 3. The van der Waals surface area contributed by atoms with Crippen LogP contribution in [-0.4, -0.2) is 26.0 Å². The zero-order valence-corrected chi connectivity index (χ0v) is 12.6. The SMILES string of the molecule is CCn1nc(C)c(Cl)c1CC(O)CCc1ccncc1. The molecule has 108 valence electrons. The maximum atomic E-state index is 10.2. The first-order chi connectivity index (χ1) is 9.61. The Morgan fingerprint density at radius 2 is 2.05 bits per heavy atom. The van der Waals surface area contributed by atoms with Crippen molar-refractivity contribution in [3.8, 4) is 0 Å². The molecule has 0 aliphatic carbocycles. The summed E-state index contributed by atoms with van der Waals surface area (Å²) in [6.07, 6.45) is 5.21. The van der Waals surface area contributed by atoms with Crippen molar-refractivity contribution < 1.29 is 5.11 Å². The largest absolute Gasteiger partial charge is 0.393 e. The summed E-state index contributed by atoms with van der Waals surface area (Å²) in [6.45, 7) is 4.68. The summed E-state index contributed by atoms with van der Waals surface area (Å²) >= 11 is 6.25. The van der Waals surface area contributed by atoms with Crippen molar-refractivity contribution in [2.45, 2.75) is 45.8 Å². The summed E-state index contributed by atoms with van der Waals surface area (Å²) in [5.41, 5.74) is 2.93. The smallest absolute Gasteiger partial charge is 0.0848 e. The fourth-order valence-electron chi connectivity index (χ4n) is 2.27. The maximum absolute atomic E-state index is 10.2. The van der Waals surface area contributed by atoms with E-state index in [0.717, 1.165) is 24.4 Å². The Bertz CT molecular complexity index is 554. The quantitative estimate of drug-likeness (QED) is 0.891. The normalized spacial score (nSPS) is 12.6. The van der Waals surface area contributed by atoms with Gasteiger partial charge in [0.05, 0.1) is 22.5 Å². The minimum absolute atomic E-state index is 0.415. The molecule has 2 aromatic rings. The fourth-order valence-corrected chi connectivity index (χ4v) is 2.48. The van der Waals surface area contributed by atoms with Crippen LogP contribution in [0.25, 0.3) is 0 Å². The second-order valence-corrected chi connectivity index (χ2v) is 5.29. The Balaban J connectivity index is 1.96. The van der Waals surface area contributed by atoms with Crippen LogP contribution in [0, 0.1) is 6.92 Å². The molecule has 0 saturated carbocycles. The van der Waals surface area contributed by atoms with Crippen LogP contribution in [-0.2, 0) is 19.4 Å². The number of aliphatic hydroxyl groups excluding tert-OH is 1. The molecule has 0 aromatic carbocycles. The lowest BCUT2D eigenvalue weighted by atomic mass is 10.0. The highest BCUT2D eigenvalue weighted by atomic mass is 35.5. The van der Waals surface area contributed by atoms with Crippen LogP contribution >= 0.6 is 11.6 Å². The van der Waals surface area contributed by atoms with Crippen molar-refractivity contribution in [3.05, 3.63) is 46.5 Å². The number of hydrogen-bond donors (Lipinski definition) is 1. The predicted octanol–water partition coefficient (Wildman–Crippen LogP) is 2.80. The molecule has 1 unspecified atom stereocenters. The lowest BCUT2D eigenvalue weighted by Crippen LogP contribution is -2.15. The number of rotatable bonds is 6. The summed E-state index contributed by atoms with van der Waals surface area (Å²) in [5.74, 6) is 0. The summed E-state index contributed by atoms with van der Waals surface area (Å²) in [7, 11) is 0. The van der Waals surface area contributed by atoms with E-state index >= 15 is 0 Å². The van der Waals surface area contributed by atoms with Gasteiger partial charge in [-0.15, -0.1) is 0 Å². The third kappa shape index (κ3) is 3.58. The number of aromatic nitrogens is 3. The van der Waals surface area contributed by atoms with Gasteiger partial charge in [-0.2, -0.15) is 5.10 Å². The van der Waals surface area contributed by atoms with E-state index in [1.807, 2.05) is 30.7 Å². The Labute approximate surface area is 124 Å². The number of aliphatic hydroxyl groups is 1. The molecule has 5 heteroatoms. The van der Waals surface area contributed by atoms with Gasteiger partial charge in [0, 0.05) is 25.4 Å². The van der Waals surface area contributed by atoms with Crippen LogP contribution < -0.4 is 0 Å². The molecule has 0 amide bonds. The van der Waals surface area contributed by atoms with Crippen molar-refractivity contribution in [1.29, 1.82) is 0 Å². The molecule has 0 fully saturated rings. The molecular formula is C15H20ClN3O. The summed E-state index contributed by atoms with van der Waals surface area (Å²) in [4.78, 5) is 3.99. The first-order valence-electron chi connectivity index (χ1n) is 6.90. The van der Waals surface area contributed by atoms with Crippen molar-refractivity contribution >= 4 is 11.6 Å². The van der Waals surface area contributed by atoms with E-state index in [-0.39, 0.29) is 0 Å². The van der Waals surface area contributed by atoms with Gasteiger partial charge in [0.2, 0.25) is 0 Å². The number of pyridine rings is 1. The average molecular weight is 294 g/mol. The molecule has 0 aliphatic rings. The van der Waals surface area contributed by atoms with E-state index in [2.05, 4.69) is 10.1 Å². The monoisotopic (exact) mass is 293 g/mol. The molecule has 2 heterocycles. The van der Waals surface area contributed by atoms with E-state index in [4.69, 9.17) is 11.6 Å². The number of aryl methyl sites for hydroxylation is 3. The molecule has 1 N–H and O–H groups in total. The maximum Gasteiger partial charge on any atom is 0.0848 e. The topological polar surface area (TPSA) is 50.9 Å². The van der Waals surface area contributed by atoms with Crippen molar-refractivity contribution in [2.24, 2.45) is 0 Å². The Kier molecular flexibility index (Phi) is 5.15. The highest BCUT2D eigenvalue weighted by Gasteiger charge is 2.16. The van der Waals surface area contributed by atoms with Gasteiger partial charge in [0.1, 0.15) is 0 Å². The molecule has 4 nitrogen and oxygen atoms in total. The second-order valence-electron chi connectivity index (χ2n) is 4.91. The van der Waals surface area contributed by atoms with Gasteiger partial charge in [0.25, 0.3) is 0 Å². The van der Waals surface area contributed by atoms with E-state index < -0.39 is 6.10 Å². The zero-order valence-electron chi connectivity index (χ0n) is 11.9. The molecule has 0 saturated heterocycles. The second kappa shape index (κ2) is 6.86. The lowest BCUT2D eigenvalue weighted by molar-refractivity contribution is 0.162. The van der Waals surface area contributed by atoms with E-state index in [1.54, 1.807) is 12.4 Å². The summed E-state index contributed by atoms with van der Waals surface area (Å²) in [5, 5.41) is 15.2. The standard InChI is InChI=1S/C15H20ClN3O/c1-3-19-14(15(16)11(2)18-19)10-13(20)5-4-12-6-8-17-9-7-12/h6-9,13,20H,3-5,10H2,1-2H3. The number of hydrogen-bond acceptors (Lipinski definition) is 3. The van der Waals surface area contributed by atoms with Gasteiger partial charge < -0.3 is 5.11 Å². The predicted molar refractivity (Wildman–Crippen MR) is 79.9 cm³/mol. The molecule has 20 heavy (non-hydrogen) atoms. The van der Waals surface area contributed by atoms with Crippen molar-refractivity contribution in [3.63, 3.8) is 0 Å². The number of halogens is 1. The minimum atomic E-state index is -0.415. The first kappa shape index (κ1) is 15.0. The Morgan fingerprint density at radius 1 is 1.35 bits per heavy atom. The fraction of sp³-hybridized carbons (Fsp3) is 0.467. The van der Waals surface area contributed by atoms with E-state index in [1.165, 1.54) is 5.56 Å². The van der Waals surface area contributed by atoms with Crippen LogP contribution in [0.5, 0.6) is 0 Å². The average Bonchev–Trinajstić information content (AvgIpc) is 2.74. The van der Waals surface area contributed by atoms with Gasteiger partial charge in [0.15, 0.2) is 0 Å². The van der Waals surface area contributed by atoms with Crippen LogP contribution in [0.4, 0.5) is 0 Å². The van der Waals surface area contributed by atoms with Crippen molar-refractivity contribution in [2.75, 3.05) is 0 Å². The van der Waals surface area contributed by atoms with Gasteiger partial charge >= 0.3 is 0 Å². The van der Waals surface area contributed by atoms with Gasteiger partial charge in [-0.1, -0.05) is 11.6 Å². The van der Waals surface area contributed by atoms with Gasteiger partial charge in [-0.3, -0.25) is 9.67 Å². The minimum Gasteiger partial charge on any atom is -0.393 e. The third-order valence-corrected chi connectivity index (χ3v) is 3.89. The van der Waals surface area contributed by atoms with Crippen LogP contribution in [0.15, 0.2) is 24.5 Å². The molecule has 0 spiro atoms. The molecule has 0 aliphatic heterocycles. The summed E-state index contributed by atoms with van der Waals surface area (Å²) in [6, 6.07) is 3.94. The van der Waals surface area contributed by atoms with Crippen molar-refractivity contribution in [1.82, 2.24) is 14.8 Å². The van der Waals surface area contributed by atoms with Gasteiger partial charge in [-0.05, 0) is 44.4 Å². The highest BCUT2D eigenvalue weighted by molar-refractivity contribution is 6.31. The third-order valence-electron chi connectivity index (χ3n) is 3.40. The molecule has 2 aromatic heterocycles. The molecule has 1 atom stereocenters. The van der Waals surface area contributed by atoms with Gasteiger partial charge in [-0.25, -0.2) is 0 Å². The Hall–Kier alpha value is -1.39.